The highest BCUT2D eigenvalue weighted by Crippen LogP contribution is 2.18. The summed E-state index contributed by atoms with van der Waals surface area (Å²) in [5.74, 6) is -0.321. The van der Waals surface area contributed by atoms with E-state index in [1.807, 2.05) is 0 Å². The zero-order valence-corrected chi connectivity index (χ0v) is 9.10. The third kappa shape index (κ3) is 2.31. The van der Waals surface area contributed by atoms with Crippen LogP contribution in [-0.2, 0) is 15.2 Å². The zero-order valence-electron chi connectivity index (χ0n) is 9.10. The fourth-order valence-corrected chi connectivity index (χ4v) is 1.20. The van der Waals surface area contributed by atoms with Gasteiger partial charge in [-0.2, -0.15) is 0 Å². The van der Waals surface area contributed by atoms with E-state index in [4.69, 9.17) is 10.6 Å². The van der Waals surface area contributed by atoms with Gasteiger partial charge in [0, 0.05) is 19.4 Å². The Labute approximate surface area is 88.8 Å². The molecule has 0 aliphatic carbocycles. The number of carbonyl (C=O) groups excluding carboxylic acids is 1. The molecule has 82 valence electrons. The van der Waals surface area contributed by atoms with Crippen LogP contribution in [0.25, 0.3) is 0 Å². The number of nitrogens with two attached hydrogens (primary N) is 1. The third-order valence-electron chi connectivity index (χ3n) is 2.27. The molecule has 1 heterocycles. The topological polar surface area (TPSA) is 68.5 Å². The molecule has 1 aromatic heterocycles. The summed E-state index contributed by atoms with van der Waals surface area (Å²) in [4.78, 5) is 20.6. The van der Waals surface area contributed by atoms with Crippen molar-refractivity contribution in [2.45, 2.75) is 12.5 Å². The Hall–Kier alpha value is -1.46. The van der Waals surface area contributed by atoms with Crippen molar-refractivity contribution >= 4 is 5.91 Å². The van der Waals surface area contributed by atoms with E-state index in [-0.39, 0.29) is 5.91 Å². The largest absolute Gasteiger partial charge is 0.314 e. The van der Waals surface area contributed by atoms with Crippen molar-refractivity contribution < 1.29 is 9.63 Å². The SMILES string of the molecule is CON(C)C(=O)C(C)(N)c1cccnc1. The van der Waals surface area contributed by atoms with Crippen molar-refractivity contribution in [3.8, 4) is 0 Å². The molecule has 0 fully saturated rings. The maximum Gasteiger partial charge on any atom is 0.270 e. The minimum absolute atomic E-state index is 0.321. The number of aromatic nitrogens is 1. The fraction of sp³-hybridized carbons (Fsp3) is 0.400. The van der Waals surface area contributed by atoms with Gasteiger partial charge in [0.1, 0.15) is 5.54 Å². The van der Waals surface area contributed by atoms with Crippen LogP contribution >= 0.6 is 0 Å². The molecule has 1 rings (SSSR count). The van der Waals surface area contributed by atoms with Crippen LogP contribution in [0.15, 0.2) is 24.5 Å². The number of pyridine rings is 1. The van der Waals surface area contributed by atoms with E-state index >= 15 is 0 Å². The number of likely N-dealkylation sites (N-methyl/N-ethyl adjacent to an activating group) is 1. The molecule has 15 heavy (non-hydrogen) atoms. The van der Waals surface area contributed by atoms with Crippen LogP contribution in [0.1, 0.15) is 12.5 Å². The van der Waals surface area contributed by atoms with Crippen molar-refractivity contribution in [2.75, 3.05) is 14.2 Å². The van der Waals surface area contributed by atoms with Gasteiger partial charge >= 0.3 is 0 Å². The summed E-state index contributed by atoms with van der Waals surface area (Å²) in [6, 6.07) is 3.49. The van der Waals surface area contributed by atoms with Gasteiger partial charge in [0.05, 0.1) is 7.11 Å². The maximum absolute atomic E-state index is 11.8. The lowest BCUT2D eigenvalue weighted by Crippen LogP contribution is -2.49. The predicted molar refractivity (Wildman–Crippen MR) is 55.6 cm³/mol. The van der Waals surface area contributed by atoms with Crippen molar-refractivity contribution in [2.24, 2.45) is 5.73 Å². The van der Waals surface area contributed by atoms with Crippen LogP contribution in [0.4, 0.5) is 0 Å². The van der Waals surface area contributed by atoms with Gasteiger partial charge in [-0.1, -0.05) is 6.07 Å². The van der Waals surface area contributed by atoms with E-state index in [2.05, 4.69) is 4.98 Å². The second-order valence-electron chi connectivity index (χ2n) is 3.43. The molecule has 2 N–H and O–H groups in total. The first-order valence-electron chi connectivity index (χ1n) is 4.51. The molecule has 5 nitrogen and oxygen atoms in total. The predicted octanol–water partition coefficient (Wildman–Crippen LogP) is 0.275. The van der Waals surface area contributed by atoms with Gasteiger partial charge in [0.2, 0.25) is 0 Å². The molecule has 0 aromatic carbocycles. The Morgan fingerprint density at radius 3 is 2.80 bits per heavy atom. The van der Waals surface area contributed by atoms with Crippen LogP contribution in [0.3, 0.4) is 0 Å². The summed E-state index contributed by atoms with van der Waals surface area (Å²) < 4.78 is 0. The van der Waals surface area contributed by atoms with Gasteiger partial charge in [-0.25, -0.2) is 5.06 Å². The Kier molecular flexibility index (Phi) is 3.39. The molecule has 0 aliphatic rings. The zero-order chi connectivity index (χ0) is 11.5. The lowest BCUT2D eigenvalue weighted by atomic mass is 9.94. The summed E-state index contributed by atoms with van der Waals surface area (Å²) in [6.07, 6.45) is 3.20. The standard InChI is InChI=1S/C10H15N3O2/c1-10(11,9(14)13(2)15-3)8-5-4-6-12-7-8/h4-7H,11H2,1-3H3. The average Bonchev–Trinajstić information content (AvgIpc) is 2.28. The average molecular weight is 209 g/mol. The first-order chi connectivity index (χ1) is 7.00. The number of hydrogen-bond acceptors (Lipinski definition) is 4. The lowest BCUT2D eigenvalue weighted by Gasteiger charge is -2.27. The van der Waals surface area contributed by atoms with Crippen LogP contribution in [0, 0.1) is 0 Å². The normalized spacial score (nSPS) is 14.4. The van der Waals surface area contributed by atoms with Crippen LogP contribution < -0.4 is 5.73 Å². The van der Waals surface area contributed by atoms with Crippen LogP contribution in [0.2, 0.25) is 0 Å². The van der Waals surface area contributed by atoms with Crippen LogP contribution in [-0.4, -0.2) is 30.1 Å². The molecule has 1 amide bonds. The van der Waals surface area contributed by atoms with E-state index in [1.165, 1.54) is 14.2 Å². The third-order valence-corrected chi connectivity index (χ3v) is 2.27. The highest BCUT2D eigenvalue weighted by atomic mass is 16.7. The summed E-state index contributed by atoms with van der Waals surface area (Å²) in [6.45, 7) is 1.63. The molecule has 1 unspecified atom stereocenters. The quantitative estimate of drug-likeness (QED) is 0.726. The van der Waals surface area contributed by atoms with Gasteiger partial charge in [-0.15, -0.1) is 0 Å². The molecular weight excluding hydrogens is 194 g/mol. The van der Waals surface area contributed by atoms with E-state index < -0.39 is 5.54 Å². The molecule has 1 atom stereocenters. The van der Waals surface area contributed by atoms with Crippen molar-refractivity contribution in [1.82, 2.24) is 10.0 Å². The first-order valence-corrected chi connectivity index (χ1v) is 4.51. The fourth-order valence-electron chi connectivity index (χ4n) is 1.20. The van der Waals surface area contributed by atoms with E-state index in [1.54, 1.807) is 31.5 Å². The Bertz CT molecular complexity index is 338. The van der Waals surface area contributed by atoms with Gasteiger partial charge in [0.15, 0.2) is 0 Å². The molecule has 0 saturated heterocycles. The number of carbonyl (C=O) groups is 1. The van der Waals surface area contributed by atoms with Gasteiger partial charge in [-0.05, 0) is 18.6 Å². The second kappa shape index (κ2) is 4.37. The number of hydrogen-bond donors (Lipinski definition) is 1. The van der Waals surface area contributed by atoms with Gasteiger partial charge in [-0.3, -0.25) is 14.6 Å². The van der Waals surface area contributed by atoms with Gasteiger partial charge < -0.3 is 5.73 Å². The monoisotopic (exact) mass is 209 g/mol. The number of amides is 1. The Morgan fingerprint density at radius 1 is 1.67 bits per heavy atom. The summed E-state index contributed by atoms with van der Waals surface area (Å²) >= 11 is 0. The molecule has 0 bridgehead atoms. The number of hydroxylamine groups is 2. The highest BCUT2D eigenvalue weighted by molar-refractivity contribution is 5.85. The smallest absolute Gasteiger partial charge is 0.270 e. The molecular formula is C10H15N3O2. The minimum atomic E-state index is -1.13. The van der Waals surface area contributed by atoms with Crippen molar-refractivity contribution in [3.05, 3.63) is 30.1 Å². The summed E-state index contributed by atoms with van der Waals surface area (Å²) in [5.41, 5.74) is 5.47. The summed E-state index contributed by atoms with van der Waals surface area (Å²) in [5, 5.41) is 1.10. The molecule has 0 saturated carbocycles. The lowest BCUT2D eigenvalue weighted by molar-refractivity contribution is -0.174. The van der Waals surface area contributed by atoms with Crippen molar-refractivity contribution in [1.29, 1.82) is 0 Å². The molecule has 1 aromatic rings. The van der Waals surface area contributed by atoms with Gasteiger partial charge in [0.25, 0.3) is 5.91 Å². The molecule has 0 aliphatic heterocycles. The minimum Gasteiger partial charge on any atom is -0.314 e. The molecule has 0 spiro atoms. The number of nitrogens with zero attached hydrogens (tertiary/aromatic N) is 2. The van der Waals surface area contributed by atoms with E-state index in [0.717, 1.165) is 5.06 Å². The second-order valence-corrected chi connectivity index (χ2v) is 3.43. The highest BCUT2D eigenvalue weighted by Gasteiger charge is 2.33. The molecule has 0 radical (unpaired) electrons. The Balaban J connectivity index is 2.98. The first kappa shape index (κ1) is 11.6. The molecule has 5 heteroatoms. The van der Waals surface area contributed by atoms with E-state index in [0.29, 0.717) is 5.56 Å². The maximum atomic E-state index is 11.8. The van der Waals surface area contributed by atoms with Crippen molar-refractivity contribution in [3.63, 3.8) is 0 Å². The Morgan fingerprint density at radius 2 is 2.33 bits per heavy atom. The number of rotatable bonds is 3. The van der Waals surface area contributed by atoms with Crippen LogP contribution in [0.5, 0.6) is 0 Å². The summed E-state index contributed by atoms with van der Waals surface area (Å²) in [7, 11) is 2.93. The van der Waals surface area contributed by atoms with E-state index in [9.17, 15) is 4.79 Å².